The summed E-state index contributed by atoms with van der Waals surface area (Å²) in [5.41, 5.74) is 5.49. The third-order valence-corrected chi connectivity index (χ3v) is 3.19. The highest BCUT2D eigenvalue weighted by Crippen LogP contribution is 2.32. The summed E-state index contributed by atoms with van der Waals surface area (Å²) in [7, 11) is 0. The van der Waals surface area contributed by atoms with Gasteiger partial charge in [0.15, 0.2) is 11.7 Å². The van der Waals surface area contributed by atoms with Gasteiger partial charge in [0, 0.05) is 0 Å². The Kier molecular flexibility index (Phi) is 2.38. The Hall–Kier alpha value is -2.00. The molecule has 0 radical (unpaired) electrons. The quantitative estimate of drug-likeness (QED) is 0.491. The summed E-state index contributed by atoms with van der Waals surface area (Å²) in [6.07, 6.45) is -2.47. The van der Waals surface area contributed by atoms with Gasteiger partial charge >= 0.3 is 5.79 Å². The molecule has 0 amide bonds. The van der Waals surface area contributed by atoms with Crippen LogP contribution in [0.15, 0.2) is 27.3 Å². The second kappa shape index (κ2) is 3.75. The lowest BCUT2D eigenvalue weighted by Gasteiger charge is -2.29. The summed E-state index contributed by atoms with van der Waals surface area (Å²) in [4.78, 5) is 12.4. The van der Waals surface area contributed by atoms with Gasteiger partial charge < -0.3 is 20.7 Å². The van der Waals surface area contributed by atoms with Gasteiger partial charge in [-0.25, -0.2) is 15.0 Å². The number of fused-ring (bicyclic) bond motifs is 1. The maximum Gasteiger partial charge on any atom is 0.316 e. The third-order valence-electron chi connectivity index (χ3n) is 3.19. The maximum absolute atomic E-state index is 14.5. The van der Waals surface area contributed by atoms with E-state index in [4.69, 9.17) is 10.5 Å². The highest BCUT2D eigenvalue weighted by atomic mass is 19.1. The zero-order valence-electron chi connectivity index (χ0n) is 9.77. The number of aliphatic hydroxyl groups excluding tert-OH is 2. The van der Waals surface area contributed by atoms with Crippen LogP contribution < -0.4 is 5.73 Å². The van der Waals surface area contributed by atoms with Crippen LogP contribution in [0.4, 0.5) is 4.39 Å². The number of aliphatic imine (C=N–C) groups is 3. The molecule has 3 heterocycles. The van der Waals surface area contributed by atoms with E-state index >= 15 is 0 Å². The van der Waals surface area contributed by atoms with Crippen molar-refractivity contribution >= 4 is 18.0 Å². The van der Waals surface area contributed by atoms with Gasteiger partial charge in [-0.15, -0.1) is 0 Å². The third kappa shape index (κ3) is 1.48. The second-order valence-corrected chi connectivity index (χ2v) is 4.35. The van der Waals surface area contributed by atoms with Crippen LogP contribution in [-0.4, -0.2) is 64.0 Å². The SMILES string of the molecule is C=C1O[C@@H](N2C=NC3(F)C(N)=NCN=C23)[C@H](O)[C@@H]1O. The molecule has 4 atom stereocenters. The van der Waals surface area contributed by atoms with Crippen molar-refractivity contribution in [3.8, 4) is 0 Å². The Morgan fingerprint density at radius 3 is 2.89 bits per heavy atom. The van der Waals surface area contributed by atoms with E-state index in [9.17, 15) is 14.6 Å². The molecule has 19 heavy (non-hydrogen) atoms. The molecule has 1 fully saturated rings. The van der Waals surface area contributed by atoms with Crippen molar-refractivity contribution in [2.75, 3.05) is 6.67 Å². The number of rotatable bonds is 1. The molecule has 0 bridgehead atoms. The first kappa shape index (κ1) is 12.1. The number of aliphatic hydroxyl groups is 2. The molecule has 3 rings (SSSR count). The molecule has 0 spiro atoms. The Labute approximate surface area is 107 Å². The lowest BCUT2D eigenvalue weighted by Crippen LogP contribution is -2.54. The molecule has 0 aliphatic carbocycles. The van der Waals surface area contributed by atoms with Crippen molar-refractivity contribution in [3.63, 3.8) is 0 Å². The van der Waals surface area contributed by atoms with E-state index in [0.29, 0.717) is 0 Å². The summed E-state index contributed by atoms with van der Waals surface area (Å²) < 4.78 is 19.7. The van der Waals surface area contributed by atoms with E-state index in [2.05, 4.69) is 21.6 Å². The zero-order valence-corrected chi connectivity index (χ0v) is 9.77. The van der Waals surface area contributed by atoms with E-state index in [1.54, 1.807) is 0 Å². The summed E-state index contributed by atoms with van der Waals surface area (Å²) in [6, 6.07) is 0. The Morgan fingerprint density at radius 2 is 2.26 bits per heavy atom. The van der Waals surface area contributed by atoms with Crippen LogP contribution >= 0.6 is 0 Å². The summed E-state index contributed by atoms with van der Waals surface area (Å²) in [6.45, 7) is 3.43. The number of nitrogens with two attached hydrogens (primary N) is 1. The lowest BCUT2D eigenvalue weighted by atomic mass is 10.1. The Bertz CT molecular complexity index is 533. The lowest BCUT2D eigenvalue weighted by molar-refractivity contribution is -0.0140. The van der Waals surface area contributed by atoms with Gasteiger partial charge in [0.1, 0.15) is 24.6 Å². The minimum atomic E-state index is -2.34. The molecule has 4 N–H and O–H groups in total. The molecule has 0 aromatic carbocycles. The number of ether oxygens (including phenoxy) is 1. The van der Waals surface area contributed by atoms with E-state index in [0.717, 1.165) is 6.34 Å². The van der Waals surface area contributed by atoms with Crippen LogP contribution in [-0.2, 0) is 4.74 Å². The highest BCUT2D eigenvalue weighted by molar-refractivity contribution is 6.19. The first-order valence-electron chi connectivity index (χ1n) is 5.54. The van der Waals surface area contributed by atoms with Crippen molar-refractivity contribution < 1.29 is 19.3 Å². The van der Waals surface area contributed by atoms with Gasteiger partial charge in [0.25, 0.3) is 0 Å². The Balaban J connectivity index is 1.92. The van der Waals surface area contributed by atoms with Gasteiger partial charge in [0.05, 0.1) is 6.34 Å². The van der Waals surface area contributed by atoms with Crippen molar-refractivity contribution in [1.82, 2.24) is 4.90 Å². The van der Waals surface area contributed by atoms with Crippen molar-refractivity contribution in [1.29, 1.82) is 0 Å². The van der Waals surface area contributed by atoms with E-state index in [1.807, 2.05) is 0 Å². The summed E-state index contributed by atoms with van der Waals surface area (Å²) in [5, 5.41) is 19.4. The zero-order chi connectivity index (χ0) is 13.8. The van der Waals surface area contributed by atoms with Crippen LogP contribution in [0.1, 0.15) is 0 Å². The van der Waals surface area contributed by atoms with Crippen LogP contribution in [0.5, 0.6) is 0 Å². The molecule has 102 valence electrons. The van der Waals surface area contributed by atoms with Crippen LogP contribution in [0.2, 0.25) is 0 Å². The van der Waals surface area contributed by atoms with Crippen molar-refractivity contribution in [2.24, 2.45) is 20.7 Å². The number of halogens is 1. The molecule has 0 aromatic rings. The fourth-order valence-electron chi connectivity index (χ4n) is 2.12. The fraction of sp³-hybridized carbons (Fsp3) is 0.500. The number of hydrogen-bond acceptors (Lipinski definition) is 8. The topological polar surface area (TPSA) is 116 Å². The number of amidine groups is 2. The molecule has 0 aromatic heterocycles. The molecule has 9 heteroatoms. The minimum Gasteiger partial charge on any atom is -0.469 e. The maximum atomic E-state index is 14.5. The van der Waals surface area contributed by atoms with Crippen molar-refractivity contribution in [2.45, 2.75) is 24.2 Å². The fourth-order valence-corrected chi connectivity index (χ4v) is 2.12. The van der Waals surface area contributed by atoms with Crippen LogP contribution in [0, 0.1) is 0 Å². The van der Waals surface area contributed by atoms with Crippen LogP contribution in [0.3, 0.4) is 0 Å². The van der Waals surface area contributed by atoms with E-state index in [1.165, 1.54) is 4.90 Å². The van der Waals surface area contributed by atoms with E-state index in [-0.39, 0.29) is 24.1 Å². The molecule has 1 unspecified atom stereocenters. The van der Waals surface area contributed by atoms with Gasteiger partial charge in [-0.3, -0.25) is 4.90 Å². The minimum absolute atomic E-state index is 0.000284. The summed E-state index contributed by atoms with van der Waals surface area (Å²) in [5.74, 6) is -2.76. The first-order valence-corrected chi connectivity index (χ1v) is 5.54. The van der Waals surface area contributed by atoms with Crippen LogP contribution in [0.25, 0.3) is 0 Å². The number of alkyl halides is 1. The molecule has 8 nitrogen and oxygen atoms in total. The number of nitrogens with zero attached hydrogens (tertiary/aromatic N) is 4. The molecule has 1 saturated heterocycles. The predicted molar refractivity (Wildman–Crippen MR) is 64.1 cm³/mol. The second-order valence-electron chi connectivity index (χ2n) is 4.35. The average molecular weight is 269 g/mol. The van der Waals surface area contributed by atoms with Gasteiger partial charge in [-0.2, -0.15) is 4.39 Å². The monoisotopic (exact) mass is 269 g/mol. The highest BCUT2D eigenvalue weighted by Gasteiger charge is 2.54. The molecular formula is C10H12FN5O3. The standard InChI is InChI=1S/C10H12FN5O3/c1-4-5(17)6(18)7(19-4)16-3-15-10(11)8(12)13-2-14-9(10)16/h3,5-7,17-18H,1-2H2,(H2,12,13)/t5-,6-,7-,10?/m1/s1. The van der Waals surface area contributed by atoms with Gasteiger partial charge in [-0.1, -0.05) is 6.58 Å². The average Bonchev–Trinajstić information content (AvgIpc) is 2.84. The normalized spacial score (nSPS) is 40.9. The molecule has 3 aliphatic heterocycles. The summed E-state index contributed by atoms with van der Waals surface area (Å²) >= 11 is 0. The molecule has 3 aliphatic rings. The predicted octanol–water partition coefficient (Wildman–Crippen LogP) is -1.69. The first-order chi connectivity index (χ1) is 8.95. The van der Waals surface area contributed by atoms with Gasteiger partial charge in [0.2, 0.25) is 6.23 Å². The van der Waals surface area contributed by atoms with E-state index < -0.39 is 24.2 Å². The smallest absolute Gasteiger partial charge is 0.316 e. The van der Waals surface area contributed by atoms with Crippen molar-refractivity contribution in [3.05, 3.63) is 12.3 Å². The largest absolute Gasteiger partial charge is 0.469 e. The molecule has 0 saturated carbocycles. The number of hydrogen-bond donors (Lipinski definition) is 3. The van der Waals surface area contributed by atoms with Gasteiger partial charge in [-0.05, 0) is 0 Å². The molecular weight excluding hydrogens is 257 g/mol. The Morgan fingerprint density at radius 1 is 1.53 bits per heavy atom.